The molecule has 1 N–H and O–H groups in total. The second-order valence-corrected chi connectivity index (χ2v) is 4.52. The van der Waals surface area contributed by atoms with Gasteiger partial charge in [0.25, 0.3) is 5.56 Å². The van der Waals surface area contributed by atoms with Crippen molar-refractivity contribution in [1.29, 1.82) is 0 Å². The average molecular weight is 222 g/mol. The molecule has 0 saturated heterocycles. The topological polar surface area (TPSA) is 34.0 Å². The van der Waals surface area contributed by atoms with Crippen molar-refractivity contribution in [2.45, 2.75) is 33.2 Å². The summed E-state index contributed by atoms with van der Waals surface area (Å²) in [6.45, 7) is 7.14. The van der Waals surface area contributed by atoms with E-state index in [0.29, 0.717) is 0 Å². The van der Waals surface area contributed by atoms with E-state index in [4.69, 9.17) is 0 Å². The maximum atomic E-state index is 11.4. The molecule has 0 spiro atoms. The van der Waals surface area contributed by atoms with Gasteiger partial charge in [-0.3, -0.25) is 4.79 Å². The first kappa shape index (κ1) is 13.0. The standard InChI is InChI=1S/C13H22N2O/c1-12(2)6-5-8-14-9-11-15-10-4-3-7-13(15)16/h3-4,7,10,12,14H,5-6,8-9,11H2,1-2H3. The van der Waals surface area contributed by atoms with E-state index in [1.165, 1.54) is 12.8 Å². The predicted octanol–water partition coefficient (Wildman–Crippen LogP) is 1.87. The first-order valence-corrected chi connectivity index (χ1v) is 6.06. The molecular formula is C13H22N2O. The molecule has 0 aliphatic rings. The van der Waals surface area contributed by atoms with Gasteiger partial charge in [-0.2, -0.15) is 0 Å². The minimum atomic E-state index is 0.0754. The third-order valence-electron chi connectivity index (χ3n) is 2.56. The lowest BCUT2D eigenvalue weighted by atomic mass is 10.1. The minimum Gasteiger partial charge on any atom is -0.315 e. The van der Waals surface area contributed by atoms with Gasteiger partial charge < -0.3 is 9.88 Å². The Morgan fingerprint density at radius 2 is 2.12 bits per heavy atom. The van der Waals surface area contributed by atoms with E-state index >= 15 is 0 Å². The van der Waals surface area contributed by atoms with Crippen LogP contribution in [0.3, 0.4) is 0 Å². The van der Waals surface area contributed by atoms with Crippen LogP contribution in [-0.2, 0) is 6.54 Å². The second kappa shape index (κ2) is 7.23. The van der Waals surface area contributed by atoms with E-state index in [1.807, 2.05) is 12.3 Å². The number of hydrogen-bond acceptors (Lipinski definition) is 2. The van der Waals surface area contributed by atoms with Crippen LogP contribution >= 0.6 is 0 Å². The number of pyridine rings is 1. The van der Waals surface area contributed by atoms with E-state index in [2.05, 4.69) is 19.2 Å². The van der Waals surface area contributed by atoms with Crippen LogP contribution in [0.4, 0.5) is 0 Å². The van der Waals surface area contributed by atoms with Crippen molar-refractivity contribution in [2.75, 3.05) is 13.1 Å². The third-order valence-corrected chi connectivity index (χ3v) is 2.56. The lowest BCUT2D eigenvalue weighted by Gasteiger charge is -2.07. The fourth-order valence-corrected chi connectivity index (χ4v) is 1.61. The van der Waals surface area contributed by atoms with Gasteiger partial charge in [-0.05, 0) is 31.4 Å². The maximum Gasteiger partial charge on any atom is 0.250 e. The molecule has 0 atom stereocenters. The number of nitrogens with one attached hydrogen (secondary N) is 1. The van der Waals surface area contributed by atoms with Gasteiger partial charge in [0, 0.05) is 25.4 Å². The lowest BCUT2D eigenvalue weighted by Crippen LogP contribution is -2.26. The van der Waals surface area contributed by atoms with Crippen LogP contribution in [0, 0.1) is 5.92 Å². The molecule has 0 radical (unpaired) electrons. The molecule has 0 aromatic carbocycles. The fourth-order valence-electron chi connectivity index (χ4n) is 1.61. The Bertz CT molecular complexity index is 344. The van der Waals surface area contributed by atoms with E-state index < -0.39 is 0 Å². The first-order valence-electron chi connectivity index (χ1n) is 6.06. The molecule has 16 heavy (non-hydrogen) atoms. The van der Waals surface area contributed by atoms with Gasteiger partial charge in [-0.25, -0.2) is 0 Å². The summed E-state index contributed by atoms with van der Waals surface area (Å²) in [5, 5.41) is 3.36. The van der Waals surface area contributed by atoms with Crippen molar-refractivity contribution in [3.05, 3.63) is 34.7 Å². The highest BCUT2D eigenvalue weighted by atomic mass is 16.1. The van der Waals surface area contributed by atoms with Crippen molar-refractivity contribution in [2.24, 2.45) is 5.92 Å². The van der Waals surface area contributed by atoms with Gasteiger partial charge in [0.1, 0.15) is 0 Å². The number of hydrogen-bond donors (Lipinski definition) is 1. The molecule has 0 amide bonds. The fraction of sp³-hybridized carbons (Fsp3) is 0.615. The van der Waals surface area contributed by atoms with Crippen LogP contribution in [0.15, 0.2) is 29.2 Å². The molecule has 0 unspecified atom stereocenters. The van der Waals surface area contributed by atoms with Crippen molar-refractivity contribution >= 4 is 0 Å². The van der Waals surface area contributed by atoms with Crippen molar-refractivity contribution < 1.29 is 0 Å². The number of aromatic nitrogens is 1. The average Bonchev–Trinajstić information content (AvgIpc) is 2.25. The molecule has 1 aromatic rings. The summed E-state index contributed by atoms with van der Waals surface area (Å²) in [6, 6.07) is 5.26. The first-order chi connectivity index (χ1) is 7.70. The Hall–Kier alpha value is -1.09. The van der Waals surface area contributed by atoms with Crippen LogP contribution in [0.25, 0.3) is 0 Å². The highest BCUT2D eigenvalue weighted by Gasteiger charge is 1.95. The Balaban J connectivity index is 2.12. The van der Waals surface area contributed by atoms with Crippen molar-refractivity contribution in [3.63, 3.8) is 0 Å². The third kappa shape index (κ3) is 5.12. The Labute approximate surface area is 97.5 Å². The zero-order valence-electron chi connectivity index (χ0n) is 10.3. The summed E-state index contributed by atoms with van der Waals surface area (Å²) in [4.78, 5) is 11.4. The normalized spacial score (nSPS) is 10.9. The molecular weight excluding hydrogens is 200 g/mol. The molecule has 1 aromatic heterocycles. The maximum absolute atomic E-state index is 11.4. The molecule has 0 aliphatic carbocycles. The summed E-state index contributed by atoms with van der Waals surface area (Å²) in [5.41, 5.74) is 0.0754. The second-order valence-electron chi connectivity index (χ2n) is 4.52. The van der Waals surface area contributed by atoms with E-state index in [0.717, 1.165) is 25.6 Å². The van der Waals surface area contributed by atoms with Gasteiger partial charge in [0.15, 0.2) is 0 Å². The summed E-state index contributed by atoms with van der Waals surface area (Å²) < 4.78 is 1.73. The minimum absolute atomic E-state index is 0.0754. The van der Waals surface area contributed by atoms with Crippen LogP contribution in [0.5, 0.6) is 0 Å². The Kier molecular flexibility index (Phi) is 5.86. The highest BCUT2D eigenvalue weighted by Crippen LogP contribution is 2.01. The zero-order chi connectivity index (χ0) is 11.8. The van der Waals surface area contributed by atoms with E-state index in [1.54, 1.807) is 16.7 Å². The van der Waals surface area contributed by atoms with E-state index in [-0.39, 0.29) is 5.56 Å². The van der Waals surface area contributed by atoms with Gasteiger partial charge in [-0.15, -0.1) is 0 Å². The quantitative estimate of drug-likeness (QED) is 0.715. The highest BCUT2D eigenvalue weighted by molar-refractivity contribution is 4.93. The summed E-state index contributed by atoms with van der Waals surface area (Å²) in [7, 11) is 0. The van der Waals surface area contributed by atoms with Crippen LogP contribution < -0.4 is 10.9 Å². The molecule has 0 bridgehead atoms. The van der Waals surface area contributed by atoms with Crippen molar-refractivity contribution in [1.82, 2.24) is 9.88 Å². The molecule has 0 aliphatic heterocycles. The van der Waals surface area contributed by atoms with E-state index in [9.17, 15) is 4.79 Å². The summed E-state index contributed by atoms with van der Waals surface area (Å²) in [6.07, 6.45) is 4.30. The van der Waals surface area contributed by atoms with Crippen LogP contribution in [0.1, 0.15) is 26.7 Å². The van der Waals surface area contributed by atoms with Crippen LogP contribution in [0.2, 0.25) is 0 Å². The molecule has 3 heteroatoms. The largest absolute Gasteiger partial charge is 0.315 e. The van der Waals surface area contributed by atoms with Crippen molar-refractivity contribution in [3.8, 4) is 0 Å². The molecule has 0 fully saturated rings. The van der Waals surface area contributed by atoms with Gasteiger partial charge in [0.05, 0.1) is 0 Å². The van der Waals surface area contributed by atoms with Gasteiger partial charge in [0.2, 0.25) is 0 Å². The molecule has 1 rings (SSSR count). The monoisotopic (exact) mass is 222 g/mol. The Morgan fingerprint density at radius 3 is 2.81 bits per heavy atom. The molecule has 90 valence electrons. The number of nitrogens with zero attached hydrogens (tertiary/aromatic N) is 1. The predicted molar refractivity (Wildman–Crippen MR) is 67.6 cm³/mol. The number of rotatable bonds is 7. The summed E-state index contributed by atoms with van der Waals surface area (Å²) in [5.74, 6) is 0.776. The smallest absolute Gasteiger partial charge is 0.250 e. The van der Waals surface area contributed by atoms with Gasteiger partial charge >= 0.3 is 0 Å². The summed E-state index contributed by atoms with van der Waals surface area (Å²) >= 11 is 0. The molecule has 1 heterocycles. The molecule has 3 nitrogen and oxygen atoms in total. The molecule has 0 saturated carbocycles. The SMILES string of the molecule is CC(C)CCCNCCn1ccccc1=O. The van der Waals surface area contributed by atoms with Gasteiger partial charge in [-0.1, -0.05) is 19.9 Å². The Morgan fingerprint density at radius 1 is 1.31 bits per heavy atom. The van der Waals surface area contributed by atoms with Crippen LogP contribution in [-0.4, -0.2) is 17.7 Å². The lowest BCUT2D eigenvalue weighted by molar-refractivity contribution is 0.513. The zero-order valence-corrected chi connectivity index (χ0v) is 10.3.